The van der Waals surface area contributed by atoms with Crippen LogP contribution in [-0.2, 0) is 4.79 Å². The molecular weight excluding hydrogens is 210 g/mol. The third-order valence-corrected chi connectivity index (χ3v) is 2.83. The highest BCUT2D eigenvalue weighted by atomic mass is 32.2. The first-order chi connectivity index (χ1) is 7.24. The minimum Gasteiger partial charge on any atom is -0.397 e. The predicted octanol–water partition coefficient (Wildman–Crippen LogP) is 1.28. The van der Waals surface area contributed by atoms with E-state index in [0.29, 0.717) is 11.4 Å². The Hall–Kier alpha value is -1.23. The van der Waals surface area contributed by atoms with Crippen LogP contribution >= 0.6 is 11.8 Å². The van der Waals surface area contributed by atoms with Gasteiger partial charge in [-0.25, -0.2) is 0 Å². The third-order valence-electron chi connectivity index (χ3n) is 1.74. The fourth-order valence-electron chi connectivity index (χ4n) is 0.984. The Balaban J connectivity index is 2.37. The second-order valence-electron chi connectivity index (χ2n) is 3.05. The van der Waals surface area contributed by atoms with Crippen LogP contribution in [0.15, 0.2) is 23.4 Å². The zero-order chi connectivity index (χ0) is 11.1. The molecular formula is C10H15N3OS. The van der Waals surface area contributed by atoms with E-state index in [-0.39, 0.29) is 5.91 Å². The number of rotatable bonds is 5. The lowest BCUT2D eigenvalue weighted by Gasteiger charge is -2.04. The Labute approximate surface area is 93.7 Å². The van der Waals surface area contributed by atoms with Gasteiger partial charge in [-0.3, -0.25) is 9.78 Å². The average Bonchev–Trinajstić information content (AvgIpc) is 2.25. The Kier molecular flexibility index (Phi) is 4.97. The van der Waals surface area contributed by atoms with Crippen molar-refractivity contribution in [3.63, 3.8) is 0 Å². The summed E-state index contributed by atoms with van der Waals surface area (Å²) in [5, 5.41) is 2.81. The van der Waals surface area contributed by atoms with Gasteiger partial charge in [-0.1, -0.05) is 6.92 Å². The van der Waals surface area contributed by atoms with Crippen LogP contribution in [0, 0.1) is 0 Å². The van der Waals surface area contributed by atoms with Gasteiger partial charge in [0.2, 0.25) is 5.91 Å². The third kappa shape index (κ3) is 4.20. The summed E-state index contributed by atoms with van der Waals surface area (Å²) in [5.74, 6) is 0.437. The first kappa shape index (κ1) is 11.8. The lowest BCUT2D eigenvalue weighted by molar-refractivity contribution is -0.118. The van der Waals surface area contributed by atoms with Gasteiger partial charge in [-0.15, -0.1) is 11.8 Å². The number of nitrogens with zero attached hydrogens (tertiary/aromatic N) is 1. The van der Waals surface area contributed by atoms with Crippen LogP contribution in [0.3, 0.4) is 0 Å². The van der Waals surface area contributed by atoms with Gasteiger partial charge in [-0.05, 0) is 12.5 Å². The highest BCUT2D eigenvalue weighted by Gasteiger charge is 2.03. The number of pyridine rings is 1. The topological polar surface area (TPSA) is 68.0 Å². The first-order valence-electron chi connectivity index (χ1n) is 4.83. The van der Waals surface area contributed by atoms with Gasteiger partial charge in [0.1, 0.15) is 0 Å². The van der Waals surface area contributed by atoms with Crippen LogP contribution in [0.4, 0.5) is 5.69 Å². The van der Waals surface area contributed by atoms with E-state index in [9.17, 15) is 4.79 Å². The molecule has 1 aromatic rings. The molecule has 0 fully saturated rings. The van der Waals surface area contributed by atoms with E-state index < -0.39 is 0 Å². The Morgan fingerprint density at radius 2 is 2.47 bits per heavy atom. The number of carbonyl (C=O) groups is 1. The van der Waals surface area contributed by atoms with Crippen LogP contribution in [0.2, 0.25) is 0 Å². The van der Waals surface area contributed by atoms with Crippen molar-refractivity contribution in [1.82, 2.24) is 10.3 Å². The number of aromatic nitrogens is 1. The van der Waals surface area contributed by atoms with Gasteiger partial charge >= 0.3 is 0 Å². The maximum absolute atomic E-state index is 11.3. The van der Waals surface area contributed by atoms with Crippen LogP contribution in [0.5, 0.6) is 0 Å². The van der Waals surface area contributed by atoms with Gasteiger partial charge in [0, 0.05) is 17.6 Å². The van der Waals surface area contributed by atoms with E-state index in [1.807, 2.05) is 13.0 Å². The van der Waals surface area contributed by atoms with E-state index in [0.717, 1.165) is 17.9 Å². The minimum absolute atomic E-state index is 0.0399. The summed E-state index contributed by atoms with van der Waals surface area (Å²) in [4.78, 5) is 16.1. The molecule has 0 saturated heterocycles. The number of nitrogens with two attached hydrogens (primary N) is 1. The molecule has 15 heavy (non-hydrogen) atoms. The zero-order valence-corrected chi connectivity index (χ0v) is 9.51. The number of nitrogens with one attached hydrogen (secondary N) is 1. The largest absolute Gasteiger partial charge is 0.397 e. The normalized spacial score (nSPS) is 9.93. The predicted molar refractivity (Wildman–Crippen MR) is 62.7 cm³/mol. The van der Waals surface area contributed by atoms with Crippen molar-refractivity contribution >= 4 is 23.4 Å². The summed E-state index contributed by atoms with van der Waals surface area (Å²) in [6, 6.07) is 1.81. The number of hydrogen-bond acceptors (Lipinski definition) is 4. The number of nitrogen functional groups attached to an aromatic ring is 1. The van der Waals surface area contributed by atoms with E-state index >= 15 is 0 Å². The summed E-state index contributed by atoms with van der Waals surface area (Å²) in [6.07, 6.45) is 4.21. The van der Waals surface area contributed by atoms with Crippen LogP contribution in [0.25, 0.3) is 0 Å². The number of hydrogen-bond donors (Lipinski definition) is 2. The monoisotopic (exact) mass is 225 g/mol. The Bertz CT molecular complexity index is 330. The van der Waals surface area contributed by atoms with Crippen molar-refractivity contribution in [3.05, 3.63) is 18.5 Å². The van der Waals surface area contributed by atoms with Crippen molar-refractivity contribution < 1.29 is 4.79 Å². The van der Waals surface area contributed by atoms with Crippen LogP contribution in [0.1, 0.15) is 13.3 Å². The molecule has 4 nitrogen and oxygen atoms in total. The second kappa shape index (κ2) is 6.29. The molecule has 0 unspecified atom stereocenters. The number of anilines is 1. The number of carbonyl (C=O) groups excluding carboxylic acids is 1. The summed E-state index contributed by atoms with van der Waals surface area (Å²) in [7, 11) is 0. The zero-order valence-electron chi connectivity index (χ0n) is 8.69. The highest BCUT2D eigenvalue weighted by molar-refractivity contribution is 8.00. The molecule has 0 aliphatic rings. The molecule has 1 heterocycles. The van der Waals surface area contributed by atoms with Crippen molar-refractivity contribution in [2.45, 2.75) is 18.2 Å². The summed E-state index contributed by atoms with van der Waals surface area (Å²) >= 11 is 1.43. The molecule has 1 aromatic heterocycles. The molecule has 5 heteroatoms. The van der Waals surface area contributed by atoms with Gasteiger partial charge < -0.3 is 11.1 Å². The molecule has 0 bridgehead atoms. The SMILES string of the molecule is CCCNC(=O)CSc1ccncc1N. The first-order valence-corrected chi connectivity index (χ1v) is 5.81. The quantitative estimate of drug-likeness (QED) is 0.741. The fraction of sp³-hybridized carbons (Fsp3) is 0.400. The maximum atomic E-state index is 11.3. The molecule has 82 valence electrons. The molecule has 0 aliphatic carbocycles. The van der Waals surface area contributed by atoms with Crippen molar-refractivity contribution in [1.29, 1.82) is 0 Å². The molecule has 3 N–H and O–H groups in total. The average molecular weight is 225 g/mol. The van der Waals surface area contributed by atoms with Crippen LogP contribution in [-0.4, -0.2) is 23.2 Å². The highest BCUT2D eigenvalue weighted by Crippen LogP contribution is 2.22. The van der Waals surface area contributed by atoms with E-state index in [1.165, 1.54) is 11.8 Å². The Morgan fingerprint density at radius 1 is 1.67 bits per heavy atom. The van der Waals surface area contributed by atoms with Crippen LogP contribution < -0.4 is 11.1 Å². The van der Waals surface area contributed by atoms with Crippen molar-refractivity contribution in [2.75, 3.05) is 18.0 Å². The molecule has 0 spiro atoms. The molecule has 0 radical (unpaired) electrons. The smallest absolute Gasteiger partial charge is 0.230 e. The molecule has 0 atom stereocenters. The molecule has 0 aromatic carbocycles. The lowest BCUT2D eigenvalue weighted by atomic mass is 10.4. The van der Waals surface area contributed by atoms with E-state index in [1.54, 1.807) is 12.4 Å². The van der Waals surface area contributed by atoms with Gasteiger partial charge in [0.25, 0.3) is 0 Å². The molecule has 1 rings (SSSR count). The fourth-order valence-corrected chi connectivity index (χ4v) is 1.75. The maximum Gasteiger partial charge on any atom is 0.230 e. The van der Waals surface area contributed by atoms with E-state index in [2.05, 4.69) is 10.3 Å². The minimum atomic E-state index is 0.0399. The van der Waals surface area contributed by atoms with Gasteiger partial charge in [0.15, 0.2) is 0 Å². The number of amides is 1. The molecule has 0 saturated carbocycles. The standard InChI is InChI=1S/C10H15N3OS/c1-2-4-13-10(14)7-15-9-3-5-12-6-8(9)11/h3,5-6H,2,4,7,11H2,1H3,(H,13,14). The van der Waals surface area contributed by atoms with E-state index in [4.69, 9.17) is 5.73 Å². The lowest BCUT2D eigenvalue weighted by Crippen LogP contribution is -2.25. The summed E-state index contributed by atoms with van der Waals surface area (Å²) < 4.78 is 0. The molecule has 0 aliphatic heterocycles. The summed E-state index contributed by atoms with van der Waals surface area (Å²) in [6.45, 7) is 2.75. The Morgan fingerprint density at radius 3 is 3.13 bits per heavy atom. The molecule has 1 amide bonds. The van der Waals surface area contributed by atoms with Gasteiger partial charge in [0.05, 0.1) is 17.6 Å². The number of thioether (sulfide) groups is 1. The van der Waals surface area contributed by atoms with Crippen molar-refractivity contribution in [2.24, 2.45) is 0 Å². The van der Waals surface area contributed by atoms with Crippen molar-refractivity contribution in [3.8, 4) is 0 Å². The second-order valence-corrected chi connectivity index (χ2v) is 4.07. The summed E-state index contributed by atoms with van der Waals surface area (Å²) in [5.41, 5.74) is 6.31. The van der Waals surface area contributed by atoms with Gasteiger partial charge in [-0.2, -0.15) is 0 Å².